The van der Waals surface area contributed by atoms with Crippen LogP contribution in [0.15, 0.2) is 63.9 Å². The molecule has 0 fully saturated rings. The molecule has 1 heterocycles. The van der Waals surface area contributed by atoms with Crippen molar-refractivity contribution >= 4 is 6.21 Å². The van der Waals surface area contributed by atoms with Crippen LogP contribution in [0.1, 0.15) is 47.5 Å². The van der Waals surface area contributed by atoms with Crippen LogP contribution in [0.4, 0.5) is 0 Å². The largest absolute Gasteiger partial charge is 0.264 e. The maximum absolute atomic E-state index is 4.32. The van der Waals surface area contributed by atoms with E-state index in [9.17, 15) is 0 Å². The van der Waals surface area contributed by atoms with Gasteiger partial charge in [0.25, 0.3) is 0 Å². The van der Waals surface area contributed by atoms with E-state index in [4.69, 9.17) is 0 Å². The highest BCUT2D eigenvalue weighted by Gasteiger charge is 2.05. The molecule has 0 spiro atoms. The van der Waals surface area contributed by atoms with E-state index in [1.54, 1.807) is 0 Å². The third-order valence-corrected chi connectivity index (χ3v) is 3.62. The van der Waals surface area contributed by atoms with Crippen molar-refractivity contribution < 1.29 is 0 Å². The van der Waals surface area contributed by atoms with Gasteiger partial charge in [-0.25, -0.2) is 0 Å². The van der Waals surface area contributed by atoms with Gasteiger partial charge in [-0.1, -0.05) is 56.7 Å². The molecule has 0 saturated heterocycles. The Morgan fingerprint density at radius 3 is 2.70 bits per heavy atom. The summed E-state index contributed by atoms with van der Waals surface area (Å²) in [5, 5.41) is 0. The molecule has 0 aromatic heterocycles. The second-order valence-electron chi connectivity index (χ2n) is 5.38. The van der Waals surface area contributed by atoms with Crippen molar-refractivity contribution in [1.82, 2.24) is 0 Å². The smallest absolute Gasteiger partial charge is 0.0343 e. The summed E-state index contributed by atoms with van der Waals surface area (Å²) in [6, 6.07) is 0. The molecule has 108 valence electrons. The molecule has 1 aliphatic rings. The fourth-order valence-electron chi connectivity index (χ4n) is 2.15. The Morgan fingerprint density at radius 2 is 2.10 bits per heavy atom. The molecule has 0 aromatic carbocycles. The highest BCUT2D eigenvalue weighted by Crippen LogP contribution is 2.21. The SMILES string of the molecule is C\C=C(/C=C\C(C1=CCC=CN=C1)=C(\C)CC)C(C)C. The minimum Gasteiger partial charge on any atom is -0.264 e. The molecule has 0 radical (unpaired) electrons. The van der Waals surface area contributed by atoms with E-state index in [1.807, 2.05) is 12.4 Å². The predicted octanol–water partition coefficient (Wildman–Crippen LogP) is 5.79. The van der Waals surface area contributed by atoms with Gasteiger partial charge < -0.3 is 0 Å². The molecule has 0 atom stereocenters. The molecule has 0 aliphatic carbocycles. The first-order valence-electron chi connectivity index (χ1n) is 7.52. The Kier molecular flexibility index (Phi) is 7.00. The van der Waals surface area contributed by atoms with Gasteiger partial charge in [-0.3, -0.25) is 4.99 Å². The van der Waals surface area contributed by atoms with Crippen molar-refractivity contribution in [1.29, 1.82) is 0 Å². The second-order valence-corrected chi connectivity index (χ2v) is 5.38. The lowest BCUT2D eigenvalue weighted by atomic mass is 9.95. The quantitative estimate of drug-likeness (QED) is 0.560. The van der Waals surface area contributed by atoms with E-state index < -0.39 is 0 Å². The Bertz CT molecular complexity index is 494. The molecule has 20 heavy (non-hydrogen) atoms. The first kappa shape index (κ1) is 16.4. The van der Waals surface area contributed by atoms with Crippen LogP contribution in [0.25, 0.3) is 0 Å². The number of hydrogen-bond donors (Lipinski definition) is 0. The van der Waals surface area contributed by atoms with Gasteiger partial charge in [-0.05, 0) is 49.3 Å². The zero-order valence-corrected chi connectivity index (χ0v) is 13.5. The second kappa shape index (κ2) is 8.52. The minimum atomic E-state index is 0.554. The molecule has 1 aliphatic heterocycles. The highest BCUT2D eigenvalue weighted by molar-refractivity contribution is 5.87. The monoisotopic (exact) mass is 269 g/mol. The summed E-state index contributed by atoms with van der Waals surface area (Å²) >= 11 is 0. The van der Waals surface area contributed by atoms with E-state index in [2.05, 4.69) is 70.0 Å². The van der Waals surface area contributed by atoms with Crippen LogP contribution in [-0.2, 0) is 0 Å². The summed E-state index contributed by atoms with van der Waals surface area (Å²) in [4.78, 5) is 4.32. The molecule has 0 unspecified atom stereocenters. The van der Waals surface area contributed by atoms with E-state index in [1.165, 1.54) is 22.3 Å². The van der Waals surface area contributed by atoms with Gasteiger partial charge in [0.15, 0.2) is 0 Å². The molecule has 0 bridgehead atoms. The van der Waals surface area contributed by atoms with Crippen molar-refractivity contribution in [2.24, 2.45) is 10.9 Å². The standard InChI is InChI=1S/C19H27N/c1-6-16(5)19(12-11-17(7-2)15(3)4)18-10-8-9-13-20-14-18/h7,9-15H,6,8H2,1-5H3/b12-11-,17-7+,19-16+. The normalized spacial score (nSPS) is 17.5. The highest BCUT2D eigenvalue weighted by atomic mass is 14.7. The van der Waals surface area contributed by atoms with Crippen LogP contribution in [-0.4, -0.2) is 6.21 Å². The van der Waals surface area contributed by atoms with Crippen LogP contribution < -0.4 is 0 Å². The Hall–Kier alpha value is -1.63. The molecule has 0 aromatic rings. The van der Waals surface area contributed by atoms with Crippen LogP contribution >= 0.6 is 0 Å². The molecule has 0 N–H and O–H groups in total. The zero-order chi connectivity index (χ0) is 15.0. The van der Waals surface area contributed by atoms with Gasteiger partial charge in [-0.15, -0.1) is 0 Å². The van der Waals surface area contributed by atoms with Gasteiger partial charge in [0.05, 0.1) is 0 Å². The number of allylic oxidation sites excluding steroid dienone is 9. The average Bonchev–Trinajstić information content (AvgIpc) is 2.71. The lowest BCUT2D eigenvalue weighted by Gasteiger charge is -2.10. The number of rotatable bonds is 5. The summed E-state index contributed by atoms with van der Waals surface area (Å²) in [7, 11) is 0. The van der Waals surface area contributed by atoms with Crippen LogP contribution in [0.3, 0.4) is 0 Å². The van der Waals surface area contributed by atoms with Gasteiger partial charge in [-0.2, -0.15) is 0 Å². The fourth-order valence-corrected chi connectivity index (χ4v) is 2.15. The van der Waals surface area contributed by atoms with Gasteiger partial charge >= 0.3 is 0 Å². The van der Waals surface area contributed by atoms with Crippen molar-refractivity contribution in [2.75, 3.05) is 0 Å². The van der Waals surface area contributed by atoms with Crippen molar-refractivity contribution in [3.05, 3.63) is 58.9 Å². The van der Waals surface area contributed by atoms with E-state index in [0.717, 1.165) is 12.8 Å². The molecule has 0 saturated carbocycles. The summed E-state index contributed by atoms with van der Waals surface area (Å²) in [6.45, 7) is 11.0. The molecule has 1 nitrogen and oxygen atoms in total. The van der Waals surface area contributed by atoms with E-state index >= 15 is 0 Å². The molecule has 1 heteroatoms. The van der Waals surface area contributed by atoms with E-state index in [-0.39, 0.29) is 0 Å². The molecular formula is C19H27N. The minimum absolute atomic E-state index is 0.554. The topological polar surface area (TPSA) is 12.4 Å². The third kappa shape index (κ3) is 4.80. The predicted molar refractivity (Wildman–Crippen MR) is 91.1 cm³/mol. The summed E-state index contributed by atoms with van der Waals surface area (Å²) in [5.74, 6) is 0.554. The Balaban J connectivity index is 3.10. The first-order chi connectivity index (χ1) is 9.60. The van der Waals surface area contributed by atoms with Crippen molar-refractivity contribution in [2.45, 2.75) is 47.5 Å². The number of aliphatic imine (C=N–C) groups is 1. The fraction of sp³-hybridized carbons (Fsp3) is 0.421. The van der Waals surface area contributed by atoms with Crippen molar-refractivity contribution in [3.8, 4) is 0 Å². The Morgan fingerprint density at radius 1 is 1.35 bits per heavy atom. The van der Waals surface area contributed by atoms with Crippen LogP contribution in [0, 0.1) is 5.92 Å². The van der Waals surface area contributed by atoms with Gasteiger partial charge in [0, 0.05) is 12.4 Å². The molecule has 0 amide bonds. The zero-order valence-electron chi connectivity index (χ0n) is 13.5. The maximum atomic E-state index is 4.32. The lowest BCUT2D eigenvalue weighted by Crippen LogP contribution is -1.95. The molecule has 1 rings (SSSR count). The Labute approximate surface area is 124 Å². The first-order valence-corrected chi connectivity index (χ1v) is 7.52. The van der Waals surface area contributed by atoms with Gasteiger partial charge in [0.1, 0.15) is 0 Å². The van der Waals surface area contributed by atoms with Crippen LogP contribution in [0.2, 0.25) is 0 Å². The summed E-state index contributed by atoms with van der Waals surface area (Å²) < 4.78 is 0. The third-order valence-electron chi connectivity index (χ3n) is 3.62. The maximum Gasteiger partial charge on any atom is 0.0343 e. The summed E-state index contributed by atoms with van der Waals surface area (Å²) in [5.41, 5.74) is 5.31. The van der Waals surface area contributed by atoms with Gasteiger partial charge in [0.2, 0.25) is 0 Å². The van der Waals surface area contributed by atoms with E-state index in [0.29, 0.717) is 5.92 Å². The summed E-state index contributed by atoms with van der Waals surface area (Å²) in [6.07, 6.45) is 16.9. The van der Waals surface area contributed by atoms with Crippen molar-refractivity contribution in [3.63, 3.8) is 0 Å². The lowest BCUT2D eigenvalue weighted by molar-refractivity contribution is 0.789. The number of nitrogens with zero attached hydrogens (tertiary/aromatic N) is 1. The number of hydrogen-bond acceptors (Lipinski definition) is 1. The molecular weight excluding hydrogens is 242 g/mol. The van der Waals surface area contributed by atoms with Crippen LogP contribution in [0.5, 0.6) is 0 Å². The average molecular weight is 269 g/mol.